The molecule has 5 heteroatoms. The molecular formula is C24H29NO3S. The van der Waals surface area contributed by atoms with Crippen LogP contribution in [0.4, 0.5) is 5.69 Å². The number of methoxy groups -OCH3 is 1. The summed E-state index contributed by atoms with van der Waals surface area (Å²) in [5, 5.41) is 0. The number of aryl methyl sites for hydroxylation is 1. The second kappa shape index (κ2) is 6.76. The second-order valence-electron chi connectivity index (χ2n) is 9.53. The van der Waals surface area contributed by atoms with Crippen LogP contribution in [0.5, 0.6) is 5.75 Å². The van der Waals surface area contributed by atoms with E-state index in [1.165, 1.54) is 44.1 Å². The van der Waals surface area contributed by atoms with Crippen LogP contribution in [0.1, 0.15) is 49.7 Å². The van der Waals surface area contributed by atoms with Gasteiger partial charge in [0.25, 0.3) is 10.0 Å². The third kappa shape index (κ3) is 3.33. The quantitative estimate of drug-likeness (QED) is 0.729. The summed E-state index contributed by atoms with van der Waals surface area (Å²) in [6, 6.07) is 13.2. The van der Waals surface area contributed by atoms with Crippen molar-refractivity contribution < 1.29 is 13.2 Å². The van der Waals surface area contributed by atoms with Gasteiger partial charge in [0.2, 0.25) is 0 Å². The zero-order valence-corrected chi connectivity index (χ0v) is 18.0. The first-order valence-corrected chi connectivity index (χ1v) is 12.1. The van der Waals surface area contributed by atoms with Gasteiger partial charge in [-0.2, -0.15) is 0 Å². The molecule has 4 saturated carbocycles. The van der Waals surface area contributed by atoms with Gasteiger partial charge in [-0.1, -0.05) is 18.2 Å². The highest BCUT2D eigenvalue weighted by Gasteiger charge is 2.51. The molecule has 154 valence electrons. The van der Waals surface area contributed by atoms with Crippen LogP contribution in [0.3, 0.4) is 0 Å². The lowest BCUT2D eigenvalue weighted by molar-refractivity contribution is -0.00521. The fraction of sp³-hybridized carbons (Fsp3) is 0.500. The molecule has 4 bridgehead atoms. The lowest BCUT2D eigenvalue weighted by Gasteiger charge is -2.57. The van der Waals surface area contributed by atoms with Crippen LogP contribution in [0.15, 0.2) is 47.4 Å². The van der Waals surface area contributed by atoms with E-state index in [1.54, 1.807) is 31.4 Å². The van der Waals surface area contributed by atoms with Crippen molar-refractivity contribution in [2.75, 3.05) is 11.8 Å². The van der Waals surface area contributed by atoms with Gasteiger partial charge >= 0.3 is 0 Å². The van der Waals surface area contributed by atoms with Gasteiger partial charge in [-0.3, -0.25) is 4.72 Å². The first-order chi connectivity index (χ1) is 13.9. The summed E-state index contributed by atoms with van der Waals surface area (Å²) >= 11 is 0. The highest BCUT2D eigenvalue weighted by atomic mass is 32.2. The maximum absolute atomic E-state index is 13.0. The SMILES string of the molecule is COc1ccc(C)cc1NS(=O)(=O)c1ccc(C23CC4CC(CC(C4)C2)C3)cc1. The molecule has 0 unspecified atom stereocenters. The fourth-order valence-electron chi connectivity index (χ4n) is 6.56. The number of sulfonamides is 1. The van der Waals surface area contributed by atoms with Crippen LogP contribution in [0.25, 0.3) is 0 Å². The van der Waals surface area contributed by atoms with Crippen LogP contribution in [-0.4, -0.2) is 15.5 Å². The number of hydrogen-bond donors (Lipinski definition) is 1. The minimum atomic E-state index is -3.67. The van der Waals surface area contributed by atoms with Gasteiger partial charge < -0.3 is 4.74 Å². The molecule has 0 spiro atoms. The number of ether oxygens (including phenoxy) is 1. The van der Waals surface area contributed by atoms with Crippen molar-refractivity contribution in [2.45, 2.75) is 55.8 Å². The monoisotopic (exact) mass is 411 g/mol. The third-order valence-electron chi connectivity index (χ3n) is 7.41. The Hall–Kier alpha value is -2.01. The third-order valence-corrected chi connectivity index (χ3v) is 8.80. The van der Waals surface area contributed by atoms with Crippen molar-refractivity contribution in [3.8, 4) is 5.75 Å². The van der Waals surface area contributed by atoms with Crippen LogP contribution < -0.4 is 9.46 Å². The minimum Gasteiger partial charge on any atom is -0.495 e. The van der Waals surface area contributed by atoms with Gasteiger partial charge in [0.15, 0.2) is 0 Å². The fourth-order valence-corrected chi connectivity index (χ4v) is 7.62. The van der Waals surface area contributed by atoms with Crippen LogP contribution >= 0.6 is 0 Å². The molecule has 4 aliphatic carbocycles. The lowest BCUT2D eigenvalue weighted by atomic mass is 9.48. The molecule has 2 aromatic carbocycles. The Bertz CT molecular complexity index is 991. The molecule has 4 fully saturated rings. The molecule has 0 heterocycles. The van der Waals surface area contributed by atoms with Crippen molar-refractivity contribution >= 4 is 15.7 Å². The van der Waals surface area contributed by atoms with Crippen molar-refractivity contribution in [3.05, 3.63) is 53.6 Å². The van der Waals surface area contributed by atoms with Crippen molar-refractivity contribution in [3.63, 3.8) is 0 Å². The van der Waals surface area contributed by atoms with Gasteiger partial charge in [-0.05, 0) is 104 Å². The first kappa shape index (κ1) is 19.0. The van der Waals surface area contributed by atoms with Gasteiger partial charge in [0.1, 0.15) is 5.75 Å². The molecule has 0 amide bonds. The maximum atomic E-state index is 13.0. The average Bonchev–Trinajstić information content (AvgIpc) is 2.67. The van der Waals surface area contributed by atoms with Crippen LogP contribution in [-0.2, 0) is 15.4 Å². The van der Waals surface area contributed by atoms with E-state index in [2.05, 4.69) is 16.9 Å². The Morgan fingerprint density at radius 1 is 0.931 bits per heavy atom. The number of hydrogen-bond acceptors (Lipinski definition) is 3. The Kier molecular flexibility index (Phi) is 4.43. The molecule has 0 aromatic heterocycles. The summed E-state index contributed by atoms with van der Waals surface area (Å²) in [4.78, 5) is 0.300. The lowest BCUT2D eigenvalue weighted by Crippen LogP contribution is -2.48. The maximum Gasteiger partial charge on any atom is 0.262 e. The van der Waals surface area contributed by atoms with E-state index in [9.17, 15) is 8.42 Å². The molecule has 0 saturated heterocycles. The Balaban J connectivity index is 1.41. The van der Waals surface area contributed by atoms with Crippen LogP contribution in [0, 0.1) is 24.7 Å². The number of anilines is 1. The van der Waals surface area contributed by atoms with Gasteiger partial charge in [0.05, 0.1) is 17.7 Å². The number of rotatable bonds is 5. The molecule has 4 nitrogen and oxygen atoms in total. The molecule has 0 aliphatic heterocycles. The summed E-state index contributed by atoms with van der Waals surface area (Å²) < 4.78 is 34.0. The molecular weight excluding hydrogens is 382 g/mol. The van der Waals surface area contributed by atoms with E-state index in [-0.39, 0.29) is 5.41 Å². The van der Waals surface area contributed by atoms with Gasteiger partial charge in [-0.25, -0.2) is 8.42 Å². The first-order valence-electron chi connectivity index (χ1n) is 10.6. The van der Waals surface area contributed by atoms with E-state index in [0.717, 1.165) is 23.3 Å². The van der Waals surface area contributed by atoms with E-state index in [4.69, 9.17) is 4.74 Å². The molecule has 2 aromatic rings. The van der Waals surface area contributed by atoms with E-state index < -0.39 is 10.0 Å². The molecule has 4 aliphatic rings. The largest absolute Gasteiger partial charge is 0.495 e. The molecule has 0 atom stereocenters. The summed E-state index contributed by atoms with van der Waals surface area (Å²) in [7, 11) is -2.12. The summed E-state index contributed by atoms with van der Waals surface area (Å²) in [5.74, 6) is 3.14. The molecule has 6 rings (SSSR count). The Morgan fingerprint density at radius 3 is 2.07 bits per heavy atom. The average molecular weight is 412 g/mol. The molecule has 1 N–H and O–H groups in total. The summed E-state index contributed by atoms with van der Waals surface area (Å²) in [6.45, 7) is 1.93. The topological polar surface area (TPSA) is 55.4 Å². The van der Waals surface area contributed by atoms with Crippen molar-refractivity contribution in [1.82, 2.24) is 0 Å². The standard InChI is InChI=1S/C24H29NO3S/c1-16-3-8-23(28-2)22(9-16)25-29(26,27)21-6-4-20(5-7-21)24-13-17-10-18(14-24)12-19(11-17)15-24/h3-9,17-19,25H,10-15H2,1-2H3. The molecule has 29 heavy (non-hydrogen) atoms. The number of nitrogens with one attached hydrogen (secondary N) is 1. The molecule has 0 radical (unpaired) electrons. The highest BCUT2D eigenvalue weighted by molar-refractivity contribution is 7.92. The Labute approximate surface area is 173 Å². The zero-order chi connectivity index (χ0) is 20.2. The van der Waals surface area contributed by atoms with Gasteiger partial charge in [-0.15, -0.1) is 0 Å². The van der Waals surface area contributed by atoms with Gasteiger partial charge in [0, 0.05) is 0 Å². The Morgan fingerprint density at radius 2 is 1.52 bits per heavy atom. The number of benzene rings is 2. The van der Waals surface area contributed by atoms with Crippen molar-refractivity contribution in [1.29, 1.82) is 0 Å². The summed E-state index contributed by atoms with van der Waals surface area (Å²) in [6.07, 6.45) is 8.08. The second-order valence-corrected chi connectivity index (χ2v) is 11.2. The zero-order valence-electron chi connectivity index (χ0n) is 17.1. The van der Waals surface area contributed by atoms with E-state index in [0.29, 0.717) is 16.3 Å². The van der Waals surface area contributed by atoms with Crippen LogP contribution in [0.2, 0.25) is 0 Å². The summed E-state index contributed by atoms with van der Waals surface area (Å²) in [5.41, 5.74) is 3.06. The predicted octanol–water partition coefficient (Wildman–Crippen LogP) is 5.27. The normalized spacial score (nSPS) is 30.3. The minimum absolute atomic E-state index is 0.282. The van der Waals surface area contributed by atoms with Crippen molar-refractivity contribution in [2.24, 2.45) is 17.8 Å². The smallest absolute Gasteiger partial charge is 0.262 e. The predicted molar refractivity (Wildman–Crippen MR) is 115 cm³/mol. The highest BCUT2D eigenvalue weighted by Crippen LogP contribution is 2.60. The van der Waals surface area contributed by atoms with E-state index >= 15 is 0 Å². The van der Waals surface area contributed by atoms with E-state index in [1.807, 2.05) is 13.0 Å².